The van der Waals surface area contributed by atoms with Crippen LogP contribution < -0.4 is 14.8 Å². The summed E-state index contributed by atoms with van der Waals surface area (Å²) in [4.78, 5) is 39.1. The van der Waals surface area contributed by atoms with Gasteiger partial charge in [0.15, 0.2) is 17.3 Å². The average molecular weight is 443 g/mol. The zero-order chi connectivity index (χ0) is 23.6. The summed E-state index contributed by atoms with van der Waals surface area (Å²) in [5.74, 6) is -2.38. The highest BCUT2D eigenvalue weighted by molar-refractivity contribution is 6.12. The van der Waals surface area contributed by atoms with Crippen molar-refractivity contribution in [1.82, 2.24) is 5.32 Å². The maximum absolute atomic E-state index is 13.6. The highest BCUT2D eigenvalue weighted by Crippen LogP contribution is 2.46. The quantitative estimate of drug-likeness (QED) is 0.529. The van der Waals surface area contributed by atoms with E-state index >= 15 is 0 Å². The molecule has 32 heavy (non-hydrogen) atoms. The zero-order valence-corrected chi connectivity index (χ0v) is 19.2. The first kappa shape index (κ1) is 23.4. The third-order valence-electron chi connectivity index (χ3n) is 5.98. The molecule has 8 heteroatoms. The average Bonchev–Trinajstić information content (AvgIpc) is 2.77. The van der Waals surface area contributed by atoms with Crippen LogP contribution in [0.4, 0.5) is 0 Å². The van der Waals surface area contributed by atoms with Gasteiger partial charge in [0.2, 0.25) is 0 Å². The molecule has 3 rings (SSSR count). The van der Waals surface area contributed by atoms with E-state index in [1.807, 2.05) is 6.92 Å². The molecule has 0 unspecified atom stereocenters. The number of methoxy groups -OCH3 is 3. The van der Waals surface area contributed by atoms with E-state index in [9.17, 15) is 14.4 Å². The minimum Gasteiger partial charge on any atom is -0.493 e. The van der Waals surface area contributed by atoms with E-state index in [-0.39, 0.29) is 18.3 Å². The fraction of sp³-hybridized carbons (Fsp3) is 0.458. The van der Waals surface area contributed by atoms with E-state index < -0.39 is 23.8 Å². The number of benzene rings is 1. The number of hydrogen-bond acceptors (Lipinski definition) is 8. The Balaban J connectivity index is 2.23. The van der Waals surface area contributed by atoms with Crippen molar-refractivity contribution in [3.05, 3.63) is 46.3 Å². The zero-order valence-electron chi connectivity index (χ0n) is 19.2. The molecule has 0 saturated heterocycles. The van der Waals surface area contributed by atoms with Crippen LogP contribution in [0.2, 0.25) is 0 Å². The summed E-state index contributed by atoms with van der Waals surface area (Å²) in [6.07, 6.45) is 0.470. The minimum atomic E-state index is -0.940. The second-order valence-corrected chi connectivity index (χ2v) is 7.87. The molecule has 0 radical (unpaired) electrons. The molecule has 0 aromatic heterocycles. The highest BCUT2D eigenvalue weighted by Gasteiger charge is 2.47. The van der Waals surface area contributed by atoms with Gasteiger partial charge in [0.25, 0.3) is 0 Å². The summed E-state index contributed by atoms with van der Waals surface area (Å²) in [5.41, 5.74) is 2.67. The van der Waals surface area contributed by atoms with Gasteiger partial charge in [-0.15, -0.1) is 0 Å². The van der Waals surface area contributed by atoms with Gasteiger partial charge in [-0.2, -0.15) is 0 Å². The van der Waals surface area contributed by atoms with E-state index in [2.05, 4.69) is 5.32 Å². The van der Waals surface area contributed by atoms with Crippen LogP contribution in [0.5, 0.6) is 11.5 Å². The summed E-state index contributed by atoms with van der Waals surface area (Å²) < 4.78 is 21.0. The lowest BCUT2D eigenvalue weighted by atomic mass is 9.69. The SMILES string of the molecule is CCOC(=O)C1=C(C)NC2=C(C(=O)[C@H](C(=O)OC)[C@@H](C)C2)[C@@H]1c1ccc(OC)c(OC)c1. The van der Waals surface area contributed by atoms with Gasteiger partial charge in [0, 0.05) is 22.9 Å². The van der Waals surface area contributed by atoms with E-state index in [0.29, 0.717) is 46.0 Å². The standard InChI is InChI=1S/C24H29NO7/c1-7-32-24(28)19-13(3)25-15-10-12(2)18(23(27)31-6)22(26)21(15)20(19)14-8-9-16(29-4)17(11-14)30-5/h8-9,11-12,18,20,25H,7,10H2,1-6H3/t12-,18+,20+/m0/s1. The predicted octanol–water partition coefficient (Wildman–Crippen LogP) is 2.88. The van der Waals surface area contributed by atoms with Crippen LogP contribution in [0, 0.1) is 11.8 Å². The first-order valence-corrected chi connectivity index (χ1v) is 10.5. The lowest BCUT2D eigenvalue weighted by Crippen LogP contribution is -2.43. The fourth-order valence-corrected chi connectivity index (χ4v) is 4.53. The number of ketones is 1. The van der Waals surface area contributed by atoms with Crippen molar-refractivity contribution >= 4 is 17.7 Å². The van der Waals surface area contributed by atoms with Gasteiger partial charge in [0.1, 0.15) is 5.92 Å². The van der Waals surface area contributed by atoms with Gasteiger partial charge in [-0.05, 0) is 43.9 Å². The lowest BCUT2D eigenvalue weighted by molar-refractivity contribution is -0.151. The number of Topliss-reactive ketones (excluding diaryl/α,β-unsaturated/α-hetero) is 1. The second kappa shape index (κ2) is 9.46. The summed E-state index contributed by atoms with van der Waals surface area (Å²) in [7, 11) is 4.32. The van der Waals surface area contributed by atoms with Crippen molar-refractivity contribution in [2.45, 2.75) is 33.1 Å². The van der Waals surface area contributed by atoms with Crippen LogP contribution in [0.1, 0.15) is 38.7 Å². The number of carbonyl (C=O) groups excluding carboxylic acids is 3. The van der Waals surface area contributed by atoms with Gasteiger partial charge < -0.3 is 24.3 Å². The van der Waals surface area contributed by atoms with Crippen molar-refractivity contribution in [2.24, 2.45) is 11.8 Å². The maximum Gasteiger partial charge on any atom is 0.336 e. The van der Waals surface area contributed by atoms with Crippen molar-refractivity contribution < 1.29 is 33.3 Å². The molecule has 0 amide bonds. The number of rotatable bonds is 6. The van der Waals surface area contributed by atoms with Crippen LogP contribution in [0.3, 0.4) is 0 Å². The summed E-state index contributed by atoms with van der Waals surface area (Å²) in [5, 5.41) is 3.23. The van der Waals surface area contributed by atoms with Crippen molar-refractivity contribution in [3.63, 3.8) is 0 Å². The van der Waals surface area contributed by atoms with Crippen molar-refractivity contribution in [2.75, 3.05) is 27.9 Å². The number of hydrogen-bond donors (Lipinski definition) is 1. The molecule has 0 saturated carbocycles. The third-order valence-corrected chi connectivity index (χ3v) is 5.98. The van der Waals surface area contributed by atoms with Crippen LogP contribution in [-0.2, 0) is 23.9 Å². The molecule has 0 spiro atoms. The first-order valence-electron chi connectivity index (χ1n) is 10.5. The van der Waals surface area contributed by atoms with Crippen LogP contribution >= 0.6 is 0 Å². The maximum atomic E-state index is 13.6. The third kappa shape index (κ3) is 3.97. The smallest absolute Gasteiger partial charge is 0.336 e. The lowest BCUT2D eigenvalue weighted by Gasteiger charge is -2.38. The molecule has 0 fully saturated rings. The molecule has 1 heterocycles. The Morgan fingerprint density at radius 1 is 1.12 bits per heavy atom. The predicted molar refractivity (Wildman–Crippen MR) is 116 cm³/mol. The molecule has 1 aromatic rings. The van der Waals surface area contributed by atoms with Crippen LogP contribution in [-0.4, -0.2) is 45.7 Å². The molecule has 1 N–H and O–H groups in total. The molecule has 0 bridgehead atoms. The van der Waals surface area contributed by atoms with Gasteiger partial charge in [0.05, 0.1) is 33.5 Å². The Morgan fingerprint density at radius 2 is 1.81 bits per heavy atom. The molecule has 1 aromatic carbocycles. The molecule has 2 aliphatic rings. The molecular weight excluding hydrogens is 414 g/mol. The molecule has 3 atom stereocenters. The Hall–Kier alpha value is -3.29. The molecular formula is C24H29NO7. The van der Waals surface area contributed by atoms with Gasteiger partial charge in [-0.3, -0.25) is 9.59 Å². The van der Waals surface area contributed by atoms with Crippen molar-refractivity contribution in [3.8, 4) is 11.5 Å². The molecule has 1 aliphatic heterocycles. The molecule has 8 nitrogen and oxygen atoms in total. The molecule has 1 aliphatic carbocycles. The summed E-state index contributed by atoms with van der Waals surface area (Å²) >= 11 is 0. The number of esters is 2. The van der Waals surface area contributed by atoms with Gasteiger partial charge >= 0.3 is 11.9 Å². The molecule has 172 valence electrons. The number of carbonyl (C=O) groups is 3. The minimum absolute atomic E-state index is 0.190. The number of ether oxygens (including phenoxy) is 4. The van der Waals surface area contributed by atoms with E-state index in [4.69, 9.17) is 18.9 Å². The van der Waals surface area contributed by atoms with E-state index in [1.54, 1.807) is 32.0 Å². The monoisotopic (exact) mass is 443 g/mol. The van der Waals surface area contributed by atoms with Crippen molar-refractivity contribution in [1.29, 1.82) is 0 Å². The summed E-state index contributed by atoms with van der Waals surface area (Å²) in [6.45, 7) is 5.54. The van der Waals surface area contributed by atoms with Crippen LogP contribution in [0.25, 0.3) is 0 Å². The second-order valence-electron chi connectivity index (χ2n) is 7.87. The number of allylic oxidation sites excluding steroid dienone is 3. The number of dihydropyridines is 1. The van der Waals surface area contributed by atoms with Crippen LogP contribution in [0.15, 0.2) is 40.7 Å². The highest BCUT2D eigenvalue weighted by atomic mass is 16.5. The Bertz CT molecular complexity index is 1010. The normalized spacial score (nSPS) is 22.7. The van der Waals surface area contributed by atoms with E-state index in [1.165, 1.54) is 21.3 Å². The van der Waals surface area contributed by atoms with E-state index in [0.717, 1.165) is 0 Å². The number of nitrogens with one attached hydrogen (secondary N) is 1. The van der Waals surface area contributed by atoms with Gasteiger partial charge in [-0.25, -0.2) is 4.79 Å². The topological polar surface area (TPSA) is 100 Å². The largest absolute Gasteiger partial charge is 0.493 e. The Kier molecular flexibility index (Phi) is 6.91. The fourth-order valence-electron chi connectivity index (χ4n) is 4.53. The van der Waals surface area contributed by atoms with Gasteiger partial charge in [-0.1, -0.05) is 13.0 Å². The Morgan fingerprint density at radius 3 is 2.41 bits per heavy atom. The Labute approximate surface area is 187 Å². The summed E-state index contributed by atoms with van der Waals surface area (Å²) in [6, 6.07) is 5.25. The first-order chi connectivity index (χ1) is 15.3.